The molecule has 8 nitrogen and oxygen atoms in total. The third-order valence-electron chi connectivity index (χ3n) is 3.24. The molecule has 0 spiro atoms. The molecule has 1 heterocycles. The standard InChI is InChI=1S/C12H21N3O5/c1-12(20)5-2-6-15(7-12)11(19)14-8(10(17)18)3-4-9(13)16/h8,20H,2-7H2,1H3,(H2,13,16)(H,14,19)(H,17,18)/t8-,12?/m0/s1. The highest BCUT2D eigenvalue weighted by atomic mass is 16.4. The number of nitrogens with zero attached hydrogens (tertiary/aromatic N) is 1. The number of nitrogens with one attached hydrogen (secondary N) is 1. The number of hydrogen-bond acceptors (Lipinski definition) is 4. The van der Waals surface area contributed by atoms with Crippen molar-refractivity contribution in [1.82, 2.24) is 10.2 Å². The van der Waals surface area contributed by atoms with Crippen molar-refractivity contribution in [3.05, 3.63) is 0 Å². The average molecular weight is 287 g/mol. The van der Waals surface area contributed by atoms with Crippen LogP contribution in [0.5, 0.6) is 0 Å². The fraction of sp³-hybridized carbons (Fsp3) is 0.750. The number of carboxylic acids is 1. The van der Waals surface area contributed by atoms with E-state index >= 15 is 0 Å². The molecular weight excluding hydrogens is 266 g/mol. The number of piperidine rings is 1. The van der Waals surface area contributed by atoms with Gasteiger partial charge in [-0.25, -0.2) is 9.59 Å². The van der Waals surface area contributed by atoms with Gasteiger partial charge in [-0.1, -0.05) is 0 Å². The highest BCUT2D eigenvalue weighted by Crippen LogP contribution is 2.20. The van der Waals surface area contributed by atoms with Gasteiger partial charge in [-0.15, -0.1) is 0 Å². The second-order valence-electron chi connectivity index (χ2n) is 5.37. The van der Waals surface area contributed by atoms with Crippen LogP contribution in [-0.2, 0) is 9.59 Å². The fourth-order valence-corrected chi connectivity index (χ4v) is 2.18. The first-order chi connectivity index (χ1) is 9.21. The van der Waals surface area contributed by atoms with Crippen LogP contribution in [0.2, 0.25) is 0 Å². The Labute approximate surface area is 116 Å². The van der Waals surface area contributed by atoms with E-state index in [4.69, 9.17) is 10.8 Å². The fourth-order valence-electron chi connectivity index (χ4n) is 2.18. The van der Waals surface area contributed by atoms with Crippen LogP contribution in [0.1, 0.15) is 32.6 Å². The average Bonchev–Trinajstić information content (AvgIpc) is 2.32. The Hall–Kier alpha value is -1.83. The molecule has 1 aliphatic rings. The van der Waals surface area contributed by atoms with E-state index in [1.807, 2.05) is 0 Å². The third-order valence-corrected chi connectivity index (χ3v) is 3.24. The molecule has 1 fully saturated rings. The second kappa shape index (κ2) is 6.56. The lowest BCUT2D eigenvalue weighted by molar-refractivity contribution is -0.139. The zero-order chi connectivity index (χ0) is 15.3. The van der Waals surface area contributed by atoms with E-state index in [1.165, 1.54) is 4.90 Å². The number of carboxylic acid groups (broad SMARTS) is 1. The van der Waals surface area contributed by atoms with Crippen LogP contribution in [-0.4, -0.2) is 57.8 Å². The molecule has 2 atom stereocenters. The van der Waals surface area contributed by atoms with Crippen LogP contribution in [0.4, 0.5) is 4.79 Å². The Balaban J connectivity index is 2.57. The first-order valence-electron chi connectivity index (χ1n) is 6.50. The number of carbonyl (C=O) groups is 3. The number of likely N-dealkylation sites (tertiary alicyclic amines) is 1. The maximum Gasteiger partial charge on any atom is 0.326 e. The molecule has 0 aromatic heterocycles. The summed E-state index contributed by atoms with van der Waals surface area (Å²) in [4.78, 5) is 35.0. The summed E-state index contributed by atoms with van der Waals surface area (Å²) < 4.78 is 0. The quantitative estimate of drug-likeness (QED) is 0.528. The predicted octanol–water partition coefficient (Wildman–Crippen LogP) is -0.738. The van der Waals surface area contributed by atoms with E-state index in [1.54, 1.807) is 6.92 Å². The number of β-amino-alcohol motifs (C(OH)–C–C–N with tert-alkyl or cyclic N) is 1. The molecule has 1 aliphatic heterocycles. The lowest BCUT2D eigenvalue weighted by atomic mass is 9.95. The second-order valence-corrected chi connectivity index (χ2v) is 5.37. The first-order valence-corrected chi connectivity index (χ1v) is 6.50. The van der Waals surface area contributed by atoms with Crippen molar-refractivity contribution in [2.45, 2.75) is 44.2 Å². The Kier molecular flexibility index (Phi) is 5.32. The summed E-state index contributed by atoms with van der Waals surface area (Å²) in [7, 11) is 0. The number of nitrogens with two attached hydrogens (primary N) is 1. The Bertz CT molecular complexity index is 397. The lowest BCUT2D eigenvalue weighted by Crippen LogP contribution is -2.54. The molecule has 0 bridgehead atoms. The molecular formula is C12H21N3O5. The van der Waals surface area contributed by atoms with Gasteiger partial charge in [0.2, 0.25) is 5.91 Å². The van der Waals surface area contributed by atoms with Gasteiger partial charge in [0.25, 0.3) is 0 Å². The number of urea groups is 1. The van der Waals surface area contributed by atoms with Crippen molar-refractivity contribution >= 4 is 17.9 Å². The van der Waals surface area contributed by atoms with E-state index in [-0.39, 0.29) is 19.4 Å². The zero-order valence-electron chi connectivity index (χ0n) is 11.5. The minimum absolute atomic E-state index is 0.0549. The zero-order valence-corrected chi connectivity index (χ0v) is 11.5. The van der Waals surface area contributed by atoms with Crippen molar-refractivity contribution in [3.63, 3.8) is 0 Å². The smallest absolute Gasteiger partial charge is 0.326 e. The number of amides is 3. The summed E-state index contributed by atoms with van der Waals surface area (Å²) in [6.07, 6.45) is 1.08. The van der Waals surface area contributed by atoms with Crippen molar-refractivity contribution in [2.75, 3.05) is 13.1 Å². The molecule has 8 heteroatoms. The van der Waals surface area contributed by atoms with Crippen molar-refractivity contribution in [2.24, 2.45) is 5.73 Å². The molecule has 1 rings (SSSR count). The summed E-state index contributed by atoms with van der Waals surface area (Å²) in [5.74, 6) is -1.84. The molecule has 0 aromatic rings. The largest absolute Gasteiger partial charge is 0.480 e. The maximum atomic E-state index is 12.0. The number of carbonyl (C=O) groups excluding carboxylic acids is 2. The monoisotopic (exact) mass is 287 g/mol. The van der Waals surface area contributed by atoms with E-state index in [0.29, 0.717) is 19.4 Å². The van der Waals surface area contributed by atoms with Crippen LogP contribution < -0.4 is 11.1 Å². The number of hydrogen-bond donors (Lipinski definition) is 4. The SMILES string of the molecule is CC1(O)CCCN(C(=O)N[C@@H](CCC(N)=O)C(=O)O)C1. The number of aliphatic hydroxyl groups is 1. The molecule has 0 saturated carbocycles. The van der Waals surface area contributed by atoms with Gasteiger partial charge in [-0.05, 0) is 26.2 Å². The van der Waals surface area contributed by atoms with Gasteiger partial charge in [0, 0.05) is 13.0 Å². The van der Waals surface area contributed by atoms with Crippen LogP contribution in [0, 0.1) is 0 Å². The normalized spacial score (nSPS) is 24.0. The van der Waals surface area contributed by atoms with Gasteiger partial charge in [0.1, 0.15) is 6.04 Å². The third kappa shape index (κ3) is 5.04. The molecule has 20 heavy (non-hydrogen) atoms. The number of primary amides is 1. The topological polar surface area (TPSA) is 133 Å². The summed E-state index contributed by atoms with van der Waals surface area (Å²) in [5, 5.41) is 21.3. The molecule has 1 unspecified atom stereocenters. The summed E-state index contributed by atoms with van der Waals surface area (Å²) in [6.45, 7) is 2.25. The van der Waals surface area contributed by atoms with E-state index in [2.05, 4.69) is 5.32 Å². The molecule has 0 aromatic carbocycles. The van der Waals surface area contributed by atoms with Gasteiger partial charge in [0.15, 0.2) is 0 Å². The molecule has 5 N–H and O–H groups in total. The summed E-state index contributed by atoms with van der Waals surface area (Å²) in [5.41, 5.74) is 4.01. The van der Waals surface area contributed by atoms with E-state index < -0.39 is 29.6 Å². The molecule has 114 valence electrons. The Morgan fingerprint density at radius 3 is 2.60 bits per heavy atom. The van der Waals surface area contributed by atoms with Gasteiger partial charge >= 0.3 is 12.0 Å². The van der Waals surface area contributed by atoms with E-state index in [0.717, 1.165) is 0 Å². The Morgan fingerprint density at radius 1 is 1.45 bits per heavy atom. The summed E-state index contributed by atoms with van der Waals surface area (Å²) >= 11 is 0. The highest BCUT2D eigenvalue weighted by Gasteiger charge is 2.32. The van der Waals surface area contributed by atoms with Crippen molar-refractivity contribution in [3.8, 4) is 0 Å². The van der Waals surface area contributed by atoms with Crippen molar-refractivity contribution < 1.29 is 24.6 Å². The van der Waals surface area contributed by atoms with Gasteiger partial charge in [-0.2, -0.15) is 0 Å². The highest BCUT2D eigenvalue weighted by molar-refractivity contribution is 5.83. The summed E-state index contributed by atoms with van der Waals surface area (Å²) in [6, 6.07) is -1.72. The van der Waals surface area contributed by atoms with Crippen LogP contribution in [0.15, 0.2) is 0 Å². The van der Waals surface area contributed by atoms with Crippen LogP contribution in [0.3, 0.4) is 0 Å². The van der Waals surface area contributed by atoms with Crippen LogP contribution >= 0.6 is 0 Å². The molecule has 1 saturated heterocycles. The van der Waals surface area contributed by atoms with Crippen LogP contribution in [0.25, 0.3) is 0 Å². The van der Waals surface area contributed by atoms with E-state index in [9.17, 15) is 19.5 Å². The number of rotatable bonds is 5. The Morgan fingerprint density at radius 2 is 2.10 bits per heavy atom. The minimum atomic E-state index is -1.22. The number of aliphatic carboxylic acids is 1. The van der Waals surface area contributed by atoms with Crippen molar-refractivity contribution in [1.29, 1.82) is 0 Å². The van der Waals surface area contributed by atoms with Gasteiger partial charge in [0.05, 0.1) is 12.1 Å². The minimum Gasteiger partial charge on any atom is -0.480 e. The predicted molar refractivity (Wildman–Crippen MR) is 69.8 cm³/mol. The van der Waals surface area contributed by atoms with Gasteiger partial charge < -0.3 is 26.2 Å². The maximum absolute atomic E-state index is 12.0. The molecule has 0 aliphatic carbocycles. The first kappa shape index (κ1) is 16.2. The lowest BCUT2D eigenvalue weighted by Gasteiger charge is -2.37. The molecule has 0 radical (unpaired) electrons. The molecule has 3 amide bonds. The van der Waals surface area contributed by atoms with Gasteiger partial charge in [-0.3, -0.25) is 4.79 Å².